The van der Waals surface area contributed by atoms with Crippen LogP contribution in [-0.2, 0) is 19.9 Å². The van der Waals surface area contributed by atoms with Crippen molar-refractivity contribution in [3.8, 4) is 0 Å². The number of aromatic nitrogens is 1. The number of hydrogen-bond acceptors (Lipinski definition) is 6. The maximum absolute atomic E-state index is 12.7. The number of hydrogen-bond donors (Lipinski definition) is 1. The lowest BCUT2D eigenvalue weighted by atomic mass is 10.3. The van der Waals surface area contributed by atoms with Crippen molar-refractivity contribution in [2.24, 2.45) is 0 Å². The lowest BCUT2D eigenvalue weighted by molar-refractivity contribution is 0.309. The van der Waals surface area contributed by atoms with Crippen molar-refractivity contribution in [3.63, 3.8) is 0 Å². The first-order chi connectivity index (χ1) is 12.7. The summed E-state index contributed by atoms with van der Waals surface area (Å²) in [5, 5.41) is -0.412. The van der Waals surface area contributed by atoms with Crippen molar-refractivity contribution < 1.29 is 21.3 Å². The third-order valence-corrected chi connectivity index (χ3v) is 8.61. The Morgan fingerprint density at radius 2 is 1.63 bits per heavy atom. The van der Waals surface area contributed by atoms with E-state index in [2.05, 4.69) is 4.98 Å². The van der Waals surface area contributed by atoms with Gasteiger partial charge in [0, 0.05) is 18.1 Å². The fourth-order valence-electron chi connectivity index (χ4n) is 2.85. The minimum atomic E-state index is -3.88. The molecular weight excluding hydrogens is 416 g/mol. The van der Waals surface area contributed by atoms with Crippen molar-refractivity contribution in [2.75, 3.05) is 13.1 Å². The molecule has 3 aromatic rings. The number of halogens is 1. The van der Waals surface area contributed by atoms with E-state index in [0.717, 1.165) is 4.31 Å². The molecule has 1 saturated heterocycles. The summed E-state index contributed by atoms with van der Waals surface area (Å²) in [4.78, 5) is 13.7. The molecule has 0 aliphatic carbocycles. The molecule has 0 atom stereocenters. The van der Waals surface area contributed by atoms with E-state index in [1.165, 1.54) is 42.5 Å². The predicted octanol–water partition coefficient (Wildman–Crippen LogP) is 1.62. The normalized spacial score (nSPS) is 16.5. The van der Waals surface area contributed by atoms with Crippen LogP contribution in [0.5, 0.6) is 0 Å². The topological polar surface area (TPSA) is 118 Å². The Labute approximate surface area is 159 Å². The molecule has 11 heteroatoms. The lowest BCUT2D eigenvalue weighted by Crippen LogP contribution is -2.56. The molecule has 2 heterocycles. The van der Waals surface area contributed by atoms with Crippen LogP contribution in [-0.4, -0.2) is 44.5 Å². The molecule has 27 heavy (non-hydrogen) atoms. The minimum Gasteiger partial charge on any atom is -0.408 e. The van der Waals surface area contributed by atoms with Gasteiger partial charge >= 0.3 is 5.76 Å². The van der Waals surface area contributed by atoms with Crippen LogP contribution in [0.3, 0.4) is 0 Å². The molecule has 0 unspecified atom stereocenters. The van der Waals surface area contributed by atoms with Gasteiger partial charge in [0.1, 0.15) is 0 Å². The summed E-state index contributed by atoms with van der Waals surface area (Å²) >= 11 is 5.77. The van der Waals surface area contributed by atoms with E-state index in [1.54, 1.807) is 0 Å². The van der Waals surface area contributed by atoms with E-state index in [9.17, 15) is 21.6 Å². The summed E-state index contributed by atoms with van der Waals surface area (Å²) in [5.41, 5.74) is 0.498. The molecule has 0 bridgehead atoms. The SMILES string of the molecule is O=c1[nH]c2cc(S(=O)(=O)N3CC(S(=O)(=O)c4ccc(Cl)cc4)C3)ccc2o1. The van der Waals surface area contributed by atoms with Crippen molar-refractivity contribution in [2.45, 2.75) is 15.0 Å². The van der Waals surface area contributed by atoms with Crippen LogP contribution in [0.2, 0.25) is 5.02 Å². The fraction of sp³-hybridized carbons (Fsp3) is 0.188. The Morgan fingerprint density at radius 1 is 1.00 bits per heavy atom. The van der Waals surface area contributed by atoms with Crippen molar-refractivity contribution in [1.29, 1.82) is 0 Å². The minimum absolute atomic E-state index is 0.0469. The van der Waals surface area contributed by atoms with Gasteiger partial charge in [-0.15, -0.1) is 0 Å². The average molecular weight is 429 g/mol. The van der Waals surface area contributed by atoms with Crippen LogP contribution < -0.4 is 5.76 Å². The van der Waals surface area contributed by atoms with Gasteiger partial charge < -0.3 is 4.42 Å². The number of sulfone groups is 1. The highest BCUT2D eigenvalue weighted by atomic mass is 35.5. The van der Waals surface area contributed by atoms with E-state index >= 15 is 0 Å². The van der Waals surface area contributed by atoms with E-state index in [0.29, 0.717) is 5.02 Å². The van der Waals surface area contributed by atoms with Crippen molar-refractivity contribution in [3.05, 3.63) is 58.0 Å². The summed E-state index contributed by atoms with van der Waals surface area (Å²) in [6.07, 6.45) is 0. The highest BCUT2D eigenvalue weighted by Crippen LogP contribution is 2.30. The van der Waals surface area contributed by atoms with Crippen LogP contribution in [0.4, 0.5) is 0 Å². The van der Waals surface area contributed by atoms with Gasteiger partial charge in [0.25, 0.3) is 0 Å². The number of rotatable bonds is 4. The second-order valence-corrected chi connectivity index (χ2v) is 10.7. The maximum Gasteiger partial charge on any atom is 0.417 e. The summed E-state index contributed by atoms with van der Waals surface area (Å²) in [7, 11) is -7.54. The standard InChI is InChI=1S/C16H13ClN2O6S2/c17-10-1-3-11(4-2-10)26(21,22)13-8-19(9-13)27(23,24)12-5-6-15-14(7-12)18-16(20)25-15/h1-7,13H,8-9H2,(H,18,20). The van der Waals surface area contributed by atoms with E-state index in [1.807, 2.05) is 0 Å². The van der Waals surface area contributed by atoms with Gasteiger partial charge in [-0.25, -0.2) is 21.6 Å². The smallest absolute Gasteiger partial charge is 0.408 e. The Morgan fingerprint density at radius 3 is 2.30 bits per heavy atom. The molecular formula is C16H13ClN2O6S2. The summed E-state index contributed by atoms with van der Waals surface area (Å²) in [5.74, 6) is -0.683. The summed E-state index contributed by atoms with van der Waals surface area (Å²) in [6.45, 7) is -0.291. The van der Waals surface area contributed by atoms with Crippen LogP contribution in [0.1, 0.15) is 0 Å². The number of H-pyrrole nitrogens is 1. The molecule has 1 N–H and O–H groups in total. The molecule has 1 aliphatic rings. The Balaban J connectivity index is 1.57. The first-order valence-corrected chi connectivity index (χ1v) is 11.2. The number of fused-ring (bicyclic) bond motifs is 1. The lowest BCUT2D eigenvalue weighted by Gasteiger charge is -2.37. The van der Waals surface area contributed by atoms with Crippen LogP contribution in [0.15, 0.2) is 61.5 Å². The second-order valence-electron chi connectivity index (χ2n) is 6.12. The molecule has 1 aromatic heterocycles. The molecule has 4 rings (SSSR count). The Bertz CT molecular complexity index is 1290. The number of nitrogens with one attached hydrogen (secondary N) is 1. The molecule has 142 valence electrons. The second kappa shape index (κ2) is 6.20. The number of nitrogens with zero attached hydrogens (tertiary/aromatic N) is 1. The van der Waals surface area contributed by atoms with Crippen molar-refractivity contribution in [1.82, 2.24) is 9.29 Å². The van der Waals surface area contributed by atoms with Gasteiger partial charge in [-0.05, 0) is 42.5 Å². The number of aromatic amines is 1. The zero-order chi connectivity index (χ0) is 19.4. The van der Waals surface area contributed by atoms with Gasteiger partial charge in [0.05, 0.1) is 20.6 Å². The molecule has 0 spiro atoms. The predicted molar refractivity (Wildman–Crippen MR) is 98.0 cm³/mol. The number of oxazole rings is 1. The Hall–Kier alpha value is -2.14. The van der Waals surface area contributed by atoms with Crippen LogP contribution in [0, 0.1) is 0 Å². The Kier molecular flexibility index (Phi) is 4.18. The third-order valence-electron chi connectivity index (χ3n) is 4.42. The van der Waals surface area contributed by atoms with Crippen molar-refractivity contribution >= 4 is 42.6 Å². The molecule has 8 nitrogen and oxygen atoms in total. The molecule has 1 fully saturated rings. The fourth-order valence-corrected chi connectivity index (χ4v) is 6.38. The van der Waals surface area contributed by atoms with Crippen LogP contribution >= 0.6 is 11.6 Å². The average Bonchev–Trinajstić information content (AvgIpc) is 2.92. The highest BCUT2D eigenvalue weighted by molar-refractivity contribution is 7.92. The van der Waals surface area contributed by atoms with E-state index in [4.69, 9.17) is 16.0 Å². The van der Waals surface area contributed by atoms with Gasteiger partial charge in [0.2, 0.25) is 10.0 Å². The summed E-state index contributed by atoms with van der Waals surface area (Å²) in [6, 6.07) is 9.73. The van der Waals surface area contributed by atoms with E-state index < -0.39 is 30.9 Å². The first kappa shape index (κ1) is 18.2. The molecule has 0 radical (unpaired) electrons. The quantitative estimate of drug-likeness (QED) is 0.674. The monoisotopic (exact) mass is 428 g/mol. The first-order valence-electron chi connectivity index (χ1n) is 7.80. The molecule has 0 saturated carbocycles. The van der Waals surface area contributed by atoms with Gasteiger partial charge in [-0.2, -0.15) is 4.31 Å². The van der Waals surface area contributed by atoms with Crippen LogP contribution in [0.25, 0.3) is 11.1 Å². The van der Waals surface area contributed by atoms with E-state index in [-0.39, 0.29) is 34.0 Å². The van der Waals surface area contributed by atoms with Gasteiger partial charge in [-0.1, -0.05) is 11.6 Å². The third kappa shape index (κ3) is 3.08. The largest absolute Gasteiger partial charge is 0.417 e. The zero-order valence-electron chi connectivity index (χ0n) is 13.6. The number of sulfonamides is 1. The zero-order valence-corrected chi connectivity index (χ0v) is 16.0. The van der Waals surface area contributed by atoms with Gasteiger partial charge in [0.15, 0.2) is 15.4 Å². The molecule has 0 amide bonds. The molecule has 1 aliphatic heterocycles. The maximum atomic E-state index is 12.7. The summed E-state index contributed by atoms with van der Waals surface area (Å²) < 4.78 is 56.5. The molecule has 2 aromatic carbocycles. The number of benzene rings is 2. The van der Waals surface area contributed by atoms with Gasteiger partial charge in [-0.3, -0.25) is 4.98 Å². The highest BCUT2D eigenvalue weighted by Gasteiger charge is 2.44.